The van der Waals surface area contributed by atoms with Crippen molar-refractivity contribution in [2.75, 3.05) is 12.9 Å². The third-order valence-corrected chi connectivity index (χ3v) is 7.15. The molecule has 156 valence electrons. The molecule has 9 heteroatoms. The van der Waals surface area contributed by atoms with Crippen molar-refractivity contribution in [1.82, 2.24) is 14.5 Å². The predicted molar refractivity (Wildman–Crippen MR) is 115 cm³/mol. The molecule has 0 saturated heterocycles. The Morgan fingerprint density at radius 1 is 1.17 bits per heavy atom. The van der Waals surface area contributed by atoms with Crippen LogP contribution in [0.2, 0.25) is 25.7 Å². The number of fused-ring (bicyclic) bond motifs is 1. The maximum Gasteiger partial charge on any atom is 0.249 e. The van der Waals surface area contributed by atoms with E-state index in [9.17, 15) is 12.8 Å². The first kappa shape index (κ1) is 21.6. The summed E-state index contributed by atoms with van der Waals surface area (Å²) in [7, 11) is -4.83. The van der Waals surface area contributed by atoms with Gasteiger partial charge in [-0.3, -0.25) is 0 Å². The van der Waals surface area contributed by atoms with Crippen molar-refractivity contribution in [3.8, 4) is 11.3 Å². The summed E-state index contributed by atoms with van der Waals surface area (Å²) in [6, 6.07) is 7.23. The highest BCUT2D eigenvalue weighted by molar-refractivity contribution is 7.90. The van der Waals surface area contributed by atoms with Crippen molar-refractivity contribution in [1.29, 1.82) is 0 Å². The smallest absolute Gasteiger partial charge is 0.249 e. The van der Waals surface area contributed by atoms with Crippen LogP contribution in [0.15, 0.2) is 35.6 Å². The molecule has 0 fully saturated rings. The fourth-order valence-corrected chi connectivity index (χ4v) is 4.22. The van der Waals surface area contributed by atoms with Crippen LogP contribution in [0.1, 0.15) is 5.56 Å². The molecule has 0 aliphatic heterocycles. The summed E-state index contributed by atoms with van der Waals surface area (Å²) in [5.41, 5.74) is 2.28. The fraction of sp³-hybridized carbons (Fsp3) is 0.400. The summed E-state index contributed by atoms with van der Waals surface area (Å²) in [6.07, 6.45) is 2.88. The summed E-state index contributed by atoms with van der Waals surface area (Å²) < 4.78 is 45.5. The van der Waals surface area contributed by atoms with Crippen LogP contribution in [-0.4, -0.2) is 43.9 Å². The van der Waals surface area contributed by atoms with Crippen LogP contribution in [0.25, 0.3) is 22.3 Å². The number of aryl methyl sites for hydroxylation is 1. The molecule has 2 aromatic heterocycles. The summed E-state index contributed by atoms with van der Waals surface area (Å²) in [4.78, 5) is 8.59. The second-order valence-corrected chi connectivity index (χ2v) is 16.0. The predicted octanol–water partition coefficient (Wildman–Crippen LogP) is 4.26. The van der Waals surface area contributed by atoms with E-state index in [1.54, 1.807) is 17.6 Å². The zero-order valence-electron chi connectivity index (χ0n) is 17.4. The van der Waals surface area contributed by atoms with Crippen molar-refractivity contribution >= 4 is 28.9 Å². The van der Waals surface area contributed by atoms with Crippen molar-refractivity contribution < 1.29 is 17.5 Å². The van der Waals surface area contributed by atoms with Crippen molar-refractivity contribution in [3.05, 3.63) is 41.8 Å². The maximum atomic E-state index is 13.6. The summed E-state index contributed by atoms with van der Waals surface area (Å²) >= 11 is 0. The maximum absolute atomic E-state index is 13.6. The van der Waals surface area contributed by atoms with Crippen LogP contribution in [0, 0.1) is 12.7 Å². The van der Waals surface area contributed by atoms with Gasteiger partial charge >= 0.3 is 0 Å². The normalized spacial score (nSPS) is 12.6. The molecule has 29 heavy (non-hydrogen) atoms. The molecular weight excluding hydrogens is 409 g/mol. The second-order valence-electron chi connectivity index (χ2n) is 8.46. The molecule has 0 spiro atoms. The van der Waals surface area contributed by atoms with E-state index in [1.807, 2.05) is 12.3 Å². The molecule has 0 amide bonds. The molecule has 0 aliphatic carbocycles. The summed E-state index contributed by atoms with van der Waals surface area (Å²) in [5, 5.41) is 0.437. The van der Waals surface area contributed by atoms with Gasteiger partial charge in [-0.25, -0.2) is 17.8 Å². The molecule has 6 nitrogen and oxygen atoms in total. The number of sulfone groups is 1. The van der Waals surface area contributed by atoms with Gasteiger partial charge in [0.15, 0.2) is 0 Å². The number of ether oxygens (including phenoxy) is 1. The third kappa shape index (κ3) is 5.09. The van der Waals surface area contributed by atoms with Crippen LogP contribution >= 0.6 is 0 Å². The van der Waals surface area contributed by atoms with Crippen LogP contribution in [0.5, 0.6) is 0 Å². The van der Waals surface area contributed by atoms with Crippen LogP contribution in [0.4, 0.5) is 4.39 Å². The van der Waals surface area contributed by atoms with E-state index in [2.05, 4.69) is 29.6 Å². The van der Waals surface area contributed by atoms with Crippen LogP contribution < -0.4 is 0 Å². The van der Waals surface area contributed by atoms with Crippen molar-refractivity contribution in [2.45, 2.75) is 44.5 Å². The summed E-state index contributed by atoms with van der Waals surface area (Å²) in [5.74, 6) is -0.353. The average Bonchev–Trinajstić information content (AvgIpc) is 3.00. The number of benzene rings is 1. The van der Waals surface area contributed by atoms with Gasteiger partial charge in [-0.15, -0.1) is 0 Å². The number of aromatic nitrogens is 3. The lowest BCUT2D eigenvalue weighted by Crippen LogP contribution is -2.22. The Morgan fingerprint density at radius 3 is 2.52 bits per heavy atom. The topological polar surface area (TPSA) is 74.1 Å². The minimum Gasteiger partial charge on any atom is -0.361 e. The number of rotatable bonds is 7. The quantitative estimate of drug-likeness (QED) is 0.315. The third-order valence-electron chi connectivity index (χ3n) is 4.60. The highest BCUT2D eigenvalue weighted by Gasteiger charge is 2.20. The molecular formula is C20H26FN3O3SSi. The lowest BCUT2D eigenvalue weighted by atomic mass is 10.0. The molecule has 0 radical (unpaired) electrons. The minimum atomic E-state index is -3.63. The van der Waals surface area contributed by atoms with Gasteiger partial charge in [-0.05, 0) is 42.8 Å². The number of nitrogens with zero attached hydrogens (tertiary/aromatic N) is 3. The monoisotopic (exact) mass is 435 g/mol. The molecule has 0 unspecified atom stereocenters. The average molecular weight is 436 g/mol. The number of hydrogen-bond donors (Lipinski definition) is 0. The highest BCUT2D eigenvalue weighted by Crippen LogP contribution is 2.30. The largest absolute Gasteiger partial charge is 0.361 e. The van der Waals surface area contributed by atoms with Gasteiger partial charge in [0.25, 0.3) is 0 Å². The molecule has 0 N–H and O–H groups in total. The highest BCUT2D eigenvalue weighted by atomic mass is 32.2. The zero-order valence-corrected chi connectivity index (χ0v) is 19.2. The van der Waals surface area contributed by atoms with Gasteiger partial charge in [0.05, 0.1) is 5.69 Å². The molecule has 3 rings (SSSR count). The molecule has 0 atom stereocenters. The Balaban J connectivity index is 2.06. The van der Waals surface area contributed by atoms with Gasteiger partial charge in [-0.1, -0.05) is 19.6 Å². The van der Waals surface area contributed by atoms with Crippen LogP contribution in [-0.2, 0) is 21.3 Å². The Labute approximate surface area is 171 Å². The van der Waals surface area contributed by atoms with E-state index in [1.165, 1.54) is 12.1 Å². The minimum absolute atomic E-state index is 0.259. The number of halogens is 1. The second kappa shape index (κ2) is 7.96. The Kier molecular flexibility index (Phi) is 5.93. The van der Waals surface area contributed by atoms with E-state index in [4.69, 9.17) is 4.74 Å². The lowest BCUT2D eigenvalue weighted by molar-refractivity contribution is 0.0898. The molecule has 2 heterocycles. The standard InChI is InChI=1S/C20H26FN3O3SSi/c1-14-12-15(21)6-7-16(14)18-17-8-9-24(13-27-10-11-29(3,4)5)19(17)23-20(22-18)28(2,25)26/h6-9,12H,10-11,13H2,1-5H3. The molecule has 0 saturated carbocycles. The Bertz CT molecular complexity index is 1150. The van der Waals surface area contributed by atoms with Crippen molar-refractivity contribution in [3.63, 3.8) is 0 Å². The summed E-state index contributed by atoms with van der Waals surface area (Å²) in [6.45, 7) is 9.53. The van der Waals surface area contributed by atoms with E-state index in [0.717, 1.165) is 12.3 Å². The Morgan fingerprint density at radius 2 is 1.90 bits per heavy atom. The lowest BCUT2D eigenvalue weighted by Gasteiger charge is -2.16. The van der Waals surface area contributed by atoms with Gasteiger partial charge in [0.1, 0.15) is 18.2 Å². The van der Waals surface area contributed by atoms with E-state index in [-0.39, 0.29) is 17.7 Å². The molecule has 0 aliphatic rings. The zero-order chi connectivity index (χ0) is 21.4. The first-order chi connectivity index (χ1) is 13.5. The van der Waals surface area contributed by atoms with Crippen molar-refractivity contribution in [2.24, 2.45) is 0 Å². The fourth-order valence-electron chi connectivity index (χ4n) is 2.95. The van der Waals surface area contributed by atoms with Gasteiger partial charge in [0, 0.05) is 38.1 Å². The number of hydrogen-bond acceptors (Lipinski definition) is 5. The van der Waals surface area contributed by atoms with Gasteiger partial charge in [-0.2, -0.15) is 4.98 Å². The van der Waals surface area contributed by atoms with Gasteiger partial charge < -0.3 is 9.30 Å². The Hall–Kier alpha value is -2.10. The van der Waals surface area contributed by atoms with Crippen LogP contribution in [0.3, 0.4) is 0 Å². The molecule has 3 aromatic rings. The first-order valence-corrected chi connectivity index (χ1v) is 15.0. The first-order valence-electron chi connectivity index (χ1n) is 9.37. The van der Waals surface area contributed by atoms with E-state index >= 15 is 0 Å². The van der Waals surface area contributed by atoms with E-state index in [0.29, 0.717) is 34.5 Å². The molecule has 0 bridgehead atoms. The van der Waals surface area contributed by atoms with E-state index < -0.39 is 17.9 Å². The van der Waals surface area contributed by atoms with Gasteiger partial charge in [0.2, 0.25) is 15.0 Å². The SMILES string of the molecule is Cc1cc(F)ccc1-c1nc(S(C)(=O)=O)nc2c1ccn2COCC[Si](C)(C)C. The molecule has 1 aromatic carbocycles.